The van der Waals surface area contributed by atoms with Gasteiger partial charge in [-0.1, -0.05) is 18.7 Å². The van der Waals surface area contributed by atoms with E-state index >= 15 is 0 Å². The minimum atomic E-state index is -0.273. The van der Waals surface area contributed by atoms with E-state index in [1.807, 2.05) is 36.5 Å². The first-order chi connectivity index (χ1) is 16.9. The fourth-order valence-corrected chi connectivity index (χ4v) is 4.58. The minimum absolute atomic E-state index is 0.0451. The first kappa shape index (κ1) is 22.7. The lowest BCUT2D eigenvalue weighted by atomic mass is 9.96. The van der Waals surface area contributed by atoms with Crippen LogP contribution in [0, 0.1) is 0 Å². The highest BCUT2D eigenvalue weighted by molar-refractivity contribution is 5.99. The molecule has 5 rings (SSSR count). The number of carbonyl (C=O) groups is 2. The molecular formula is C26H29N7O2. The molecule has 1 fully saturated rings. The molecular weight excluding hydrogens is 442 g/mol. The summed E-state index contributed by atoms with van der Waals surface area (Å²) in [4.78, 5) is 28.7. The Hall–Kier alpha value is -4.11. The summed E-state index contributed by atoms with van der Waals surface area (Å²) in [5, 5.41) is 10.3. The van der Waals surface area contributed by atoms with Gasteiger partial charge in [-0.3, -0.25) is 9.59 Å². The fraction of sp³-hybridized carbons (Fsp3) is 0.269. The minimum Gasteiger partial charge on any atom is -0.382 e. The van der Waals surface area contributed by atoms with E-state index < -0.39 is 0 Å². The number of aromatic nitrogens is 2. The molecule has 0 unspecified atom stereocenters. The molecule has 0 atom stereocenters. The van der Waals surface area contributed by atoms with Crippen molar-refractivity contribution in [1.29, 1.82) is 0 Å². The van der Waals surface area contributed by atoms with Crippen molar-refractivity contribution in [2.75, 3.05) is 55.7 Å². The van der Waals surface area contributed by atoms with E-state index in [4.69, 9.17) is 5.73 Å². The van der Waals surface area contributed by atoms with Crippen LogP contribution in [0.5, 0.6) is 0 Å². The fourth-order valence-electron chi connectivity index (χ4n) is 4.58. The van der Waals surface area contributed by atoms with Crippen molar-refractivity contribution in [2.24, 2.45) is 0 Å². The molecule has 0 aliphatic carbocycles. The summed E-state index contributed by atoms with van der Waals surface area (Å²) in [6.07, 6.45) is 3.92. The second kappa shape index (κ2) is 9.27. The zero-order valence-corrected chi connectivity index (χ0v) is 19.8. The lowest BCUT2D eigenvalue weighted by molar-refractivity contribution is -0.111. The number of carbonyl (C=O) groups excluding carboxylic acids is 2. The van der Waals surface area contributed by atoms with Crippen LogP contribution in [0.15, 0.2) is 55.3 Å². The molecule has 2 amide bonds. The Labute approximate surface area is 204 Å². The Balaban J connectivity index is 1.52. The van der Waals surface area contributed by atoms with Gasteiger partial charge in [0, 0.05) is 61.4 Å². The number of likely N-dealkylation sites (N-methyl/N-ethyl adjacent to an activating group) is 1. The zero-order valence-electron chi connectivity index (χ0n) is 19.8. The number of benzene rings is 2. The van der Waals surface area contributed by atoms with E-state index in [-0.39, 0.29) is 11.8 Å². The molecule has 2 aliphatic heterocycles. The topological polar surface area (TPSA) is 109 Å². The van der Waals surface area contributed by atoms with Crippen LogP contribution in [0.2, 0.25) is 0 Å². The molecule has 0 radical (unpaired) electrons. The molecule has 180 valence electrons. The number of nitrogen functional groups attached to an aromatic ring is 1. The molecule has 2 aromatic carbocycles. The van der Waals surface area contributed by atoms with Crippen LogP contribution in [0.4, 0.5) is 17.2 Å². The highest BCUT2D eigenvalue weighted by atomic mass is 16.2. The smallest absolute Gasteiger partial charge is 0.251 e. The van der Waals surface area contributed by atoms with E-state index in [1.54, 1.807) is 4.68 Å². The van der Waals surface area contributed by atoms with E-state index in [1.165, 1.54) is 6.08 Å². The monoisotopic (exact) mass is 471 g/mol. The lowest BCUT2D eigenvalue weighted by Crippen LogP contribution is -2.44. The molecule has 3 aromatic rings. The van der Waals surface area contributed by atoms with Gasteiger partial charge < -0.3 is 26.2 Å². The van der Waals surface area contributed by atoms with E-state index in [2.05, 4.69) is 45.2 Å². The van der Waals surface area contributed by atoms with Gasteiger partial charge in [-0.25, -0.2) is 4.68 Å². The van der Waals surface area contributed by atoms with Crippen LogP contribution in [-0.4, -0.2) is 66.3 Å². The number of amides is 2. The summed E-state index contributed by atoms with van der Waals surface area (Å²) in [5.41, 5.74) is 12.2. The average Bonchev–Trinajstić information content (AvgIpc) is 3.26. The van der Waals surface area contributed by atoms with Gasteiger partial charge in [-0.05, 0) is 54.9 Å². The molecule has 0 spiro atoms. The molecule has 0 bridgehead atoms. The quantitative estimate of drug-likeness (QED) is 0.493. The van der Waals surface area contributed by atoms with Crippen molar-refractivity contribution in [3.63, 3.8) is 0 Å². The van der Waals surface area contributed by atoms with Crippen LogP contribution in [0.25, 0.3) is 16.8 Å². The number of nitrogens with zero attached hydrogens (tertiary/aromatic N) is 4. The molecule has 1 saturated heterocycles. The van der Waals surface area contributed by atoms with E-state index in [0.29, 0.717) is 23.6 Å². The molecule has 0 saturated carbocycles. The second-order valence-corrected chi connectivity index (χ2v) is 8.97. The number of piperazine rings is 1. The Morgan fingerprint density at radius 2 is 1.89 bits per heavy atom. The number of hydrogen-bond donors (Lipinski definition) is 3. The number of nitrogens with one attached hydrogen (secondary N) is 2. The predicted molar refractivity (Wildman–Crippen MR) is 138 cm³/mol. The third-order valence-electron chi connectivity index (χ3n) is 6.57. The van der Waals surface area contributed by atoms with Crippen molar-refractivity contribution in [3.05, 3.63) is 66.4 Å². The number of hydrogen-bond acceptors (Lipinski definition) is 6. The highest BCUT2D eigenvalue weighted by Crippen LogP contribution is 2.31. The lowest BCUT2D eigenvalue weighted by Gasteiger charge is -2.34. The number of fused-ring (bicyclic) bond motifs is 1. The number of anilines is 3. The standard InChI is InChI=1S/C26H29N7O2/c1-3-24(34)29-19-13-20(32-10-8-31(2)9-11-32)15-21(14-19)33-16-23(25(27)30-33)17-4-5-22-18(12-17)6-7-28-26(22)35/h3-5,12-16H,1,6-11H2,2H3,(H2,27,30)(H,28,35)(H,29,34). The van der Waals surface area contributed by atoms with Gasteiger partial charge in [0.2, 0.25) is 5.91 Å². The Morgan fingerprint density at radius 3 is 2.66 bits per heavy atom. The van der Waals surface area contributed by atoms with Crippen molar-refractivity contribution in [1.82, 2.24) is 20.0 Å². The van der Waals surface area contributed by atoms with E-state index in [0.717, 1.165) is 60.7 Å². The van der Waals surface area contributed by atoms with Gasteiger partial charge >= 0.3 is 0 Å². The normalized spacial score (nSPS) is 15.9. The van der Waals surface area contributed by atoms with Crippen LogP contribution < -0.4 is 21.3 Å². The molecule has 9 heteroatoms. The summed E-state index contributed by atoms with van der Waals surface area (Å²) in [6, 6.07) is 11.7. The maximum atomic E-state index is 12.1. The first-order valence-electron chi connectivity index (χ1n) is 11.7. The van der Waals surface area contributed by atoms with Crippen LogP contribution in [0.1, 0.15) is 15.9 Å². The van der Waals surface area contributed by atoms with Crippen molar-refractivity contribution in [2.45, 2.75) is 6.42 Å². The molecule has 2 aliphatic rings. The van der Waals surface area contributed by atoms with Crippen LogP contribution in [-0.2, 0) is 11.2 Å². The average molecular weight is 472 g/mol. The third-order valence-corrected chi connectivity index (χ3v) is 6.57. The SMILES string of the molecule is C=CC(=O)Nc1cc(N2CCN(C)CC2)cc(-n2cc(-c3ccc4c(c3)CCNC4=O)c(N)n2)c1. The summed E-state index contributed by atoms with van der Waals surface area (Å²) in [6.45, 7) is 7.90. The maximum Gasteiger partial charge on any atom is 0.251 e. The van der Waals surface area contributed by atoms with Crippen molar-refractivity contribution >= 4 is 29.0 Å². The first-order valence-corrected chi connectivity index (χ1v) is 11.7. The summed E-state index contributed by atoms with van der Waals surface area (Å²) >= 11 is 0. The number of rotatable bonds is 5. The summed E-state index contributed by atoms with van der Waals surface area (Å²) in [7, 11) is 2.12. The summed E-state index contributed by atoms with van der Waals surface area (Å²) in [5.74, 6) is 0.0772. The zero-order chi connectivity index (χ0) is 24.5. The molecule has 1 aromatic heterocycles. The second-order valence-electron chi connectivity index (χ2n) is 8.97. The van der Waals surface area contributed by atoms with Crippen LogP contribution in [0.3, 0.4) is 0 Å². The van der Waals surface area contributed by atoms with Gasteiger partial charge in [0.1, 0.15) is 0 Å². The molecule has 3 heterocycles. The molecule has 35 heavy (non-hydrogen) atoms. The Bertz CT molecular complexity index is 1310. The van der Waals surface area contributed by atoms with Gasteiger partial charge in [0.05, 0.1) is 5.69 Å². The maximum absolute atomic E-state index is 12.1. The Morgan fingerprint density at radius 1 is 1.11 bits per heavy atom. The molecule has 4 N–H and O–H groups in total. The van der Waals surface area contributed by atoms with Gasteiger partial charge in [-0.2, -0.15) is 5.10 Å². The van der Waals surface area contributed by atoms with Gasteiger partial charge in [0.25, 0.3) is 5.91 Å². The Kier molecular flexibility index (Phi) is 6.00. The van der Waals surface area contributed by atoms with E-state index in [9.17, 15) is 9.59 Å². The molecule has 9 nitrogen and oxygen atoms in total. The summed E-state index contributed by atoms with van der Waals surface area (Å²) < 4.78 is 1.74. The third kappa shape index (κ3) is 4.63. The van der Waals surface area contributed by atoms with Crippen LogP contribution >= 0.6 is 0 Å². The van der Waals surface area contributed by atoms with Crippen molar-refractivity contribution in [3.8, 4) is 16.8 Å². The predicted octanol–water partition coefficient (Wildman–Crippen LogP) is 2.28. The highest BCUT2D eigenvalue weighted by Gasteiger charge is 2.20. The van der Waals surface area contributed by atoms with Crippen molar-refractivity contribution < 1.29 is 9.59 Å². The largest absolute Gasteiger partial charge is 0.382 e. The van der Waals surface area contributed by atoms with Gasteiger partial charge in [-0.15, -0.1) is 0 Å². The van der Waals surface area contributed by atoms with Gasteiger partial charge in [0.15, 0.2) is 5.82 Å². The number of nitrogens with two attached hydrogens (primary N) is 1.